The Hall–Kier alpha value is -2.36. The topological polar surface area (TPSA) is 99.2 Å². The van der Waals surface area contributed by atoms with Gasteiger partial charge < -0.3 is 10.0 Å². The van der Waals surface area contributed by atoms with Crippen LogP contribution in [-0.4, -0.2) is 50.2 Å². The van der Waals surface area contributed by atoms with E-state index in [1.54, 1.807) is 0 Å². The molecule has 7 nitrogen and oxygen atoms in total. The minimum Gasteiger partial charge on any atom is -0.480 e. The summed E-state index contributed by atoms with van der Waals surface area (Å²) < 4.78 is 0. The van der Waals surface area contributed by atoms with Crippen LogP contribution < -0.4 is 0 Å². The summed E-state index contributed by atoms with van der Waals surface area (Å²) >= 11 is 0. The lowest BCUT2D eigenvalue weighted by molar-refractivity contribution is -0.137. The van der Waals surface area contributed by atoms with E-state index in [1.807, 2.05) is 13.8 Å². The van der Waals surface area contributed by atoms with Crippen molar-refractivity contribution in [3.8, 4) is 12.3 Å². The van der Waals surface area contributed by atoms with Crippen molar-refractivity contribution in [2.45, 2.75) is 19.8 Å². The van der Waals surface area contributed by atoms with Crippen LogP contribution in [0.4, 0.5) is 0 Å². The maximum atomic E-state index is 11.9. The highest BCUT2D eigenvalue weighted by atomic mass is 16.4. The first-order chi connectivity index (χ1) is 8.45. The first-order valence-electron chi connectivity index (χ1n) is 5.32. The Morgan fingerprint density at radius 3 is 2.67 bits per heavy atom. The van der Waals surface area contributed by atoms with Gasteiger partial charge in [-0.1, -0.05) is 19.8 Å². The summed E-state index contributed by atoms with van der Waals surface area (Å²) in [5, 5.41) is 15.1. The summed E-state index contributed by atoms with van der Waals surface area (Å²) in [7, 11) is 0. The summed E-state index contributed by atoms with van der Waals surface area (Å²) in [5.41, 5.74) is 0. The molecule has 0 saturated heterocycles. The average molecular weight is 250 g/mol. The molecule has 0 fully saturated rings. The van der Waals surface area contributed by atoms with Gasteiger partial charge in [0.25, 0.3) is 5.91 Å². The van der Waals surface area contributed by atoms with Crippen LogP contribution in [0.2, 0.25) is 0 Å². The highest BCUT2D eigenvalue weighted by Gasteiger charge is 2.22. The van der Waals surface area contributed by atoms with Crippen molar-refractivity contribution in [1.29, 1.82) is 0 Å². The standard InChI is InChI=1S/C11H14N4O3/c1-4-5-15(6-8(16)17)11(18)10-12-9(7(2)3)13-14-10/h1,7H,5-6H2,2-3H3,(H,16,17)(H,12,13,14). The van der Waals surface area contributed by atoms with Crippen molar-refractivity contribution in [3.63, 3.8) is 0 Å². The summed E-state index contributed by atoms with van der Waals surface area (Å²) in [6, 6.07) is 0. The van der Waals surface area contributed by atoms with Gasteiger partial charge in [-0.3, -0.25) is 14.7 Å². The van der Waals surface area contributed by atoms with E-state index >= 15 is 0 Å². The van der Waals surface area contributed by atoms with Crippen LogP contribution >= 0.6 is 0 Å². The molecule has 2 N–H and O–H groups in total. The van der Waals surface area contributed by atoms with Gasteiger partial charge in [0.15, 0.2) is 0 Å². The third kappa shape index (κ3) is 3.31. The van der Waals surface area contributed by atoms with E-state index in [-0.39, 0.29) is 18.3 Å². The Kier molecular flexibility index (Phi) is 4.43. The van der Waals surface area contributed by atoms with Gasteiger partial charge >= 0.3 is 5.97 Å². The number of carboxylic acid groups (broad SMARTS) is 1. The number of nitrogens with one attached hydrogen (secondary N) is 1. The lowest BCUT2D eigenvalue weighted by atomic mass is 10.2. The van der Waals surface area contributed by atoms with Gasteiger partial charge in [-0.25, -0.2) is 4.98 Å². The van der Waals surface area contributed by atoms with Gasteiger partial charge in [0.05, 0.1) is 6.54 Å². The highest BCUT2D eigenvalue weighted by molar-refractivity contribution is 5.92. The maximum absolute atomic E-state index is 11.9. The fourth-order valence-electron chi connectivity index (χ4n) is 1.24. The first-order valence-corrected chi connectivity index (χ1v) is 5.32. The van der Waals surface area contributed by atoms with E-state index in [2.05, 4.69) is 21.1 Å². The molecular weight excluding hydrogens is 236 g/mol. The number of carboxylic acids is 1. The van der Waals surface area contributed by atoms with Crippen LogP contribution in [0.1, 0.15) is 36.2 Å². The van der Waals surface area contributed by atoms with Gasteiger partial charge in [-0.2, -0.15) is 0 Å². The SMILES string of the molecule is C#CCN(CC(=O)O)C(=O)c1n[nH]c(C(C)C)n1. The second-order valence-corrected chi connectivity index (χ2v) is 3.96. The van der Waals surface area contributed by atoms with Crippen molar-refractivity contribution in [3.05, 3.63) is 11.6 Å². The fraction of sp³-hybridized carbons (Fsp3) is 0.455. The largest absolute Gasteiger partial charge is 0.480 e. The first kappa shape index (κ1) is 13.7. The van der Waals surface area contributed by atoms with Crippen molar-refractivity contribution in [2.24, 2.45) is 0 Å². The molecule has 0 radical (unpaired) electrons. The average Bonchev–Trinajstić information content (AvgIpc) is 2.76. The van der Waals surface area contributed by atoms with E-state index in [4.69, 9.17) is 11.5 Å². The molecule has 0 atom stereocenters. The van der Waals surface area contributed by atoms with Crippen molar-refractivity contribution < 1.29 is 14.7 Å². The van der Waals surface area contributed by atoms with E-state index in [0.29, 0.717) is 5.82 Å². The Balaban J connectivity index is 2.88. The molecule has 7 heteroatoms. The van der Waals surface area contributed by atoms with Crippen molar-refractivity contribution in [2.75, 3.05) is 13.1 Å². The number of aromatic nitrogens is 3. The minimum atomic E-state index is -1.14. The van der Waals surface area contributed by atoms with Crippen molar-refractivity contribution in [1.82, 2.24) is 20.1 Å². The van der Waals surface area contributed by atoms with E-state index in [9.17, 15) is 9.59 Å². The molecule has 1 heterocycles. The molecule has 0 spiro atoms. The minimum absolute atomic E-state index is 0.0739. The van der Waals surface area contributed by atoms with Gasteiger partial charge in [0, 0.05) is 5.92 Å². The molecule has 0 unspecified atom stereocenters. The van der Waals surface area contributed by atoms with Gasteiger partial charge in [-0.15, -0.1) is 11.5 Å². The Morgan fingerprint density at radius 1 is 1.56 bits per heavy atom. The number of carbonyl (C=O) groups is 2. The number of carbonyl (C=O) groups excluding carboxylic acids is 1. The number of hydrogen-bond donors (Lipinski definition) is 2. The second-order valence-electron chi connectivity index (χ2n) is 3.96. The number of terminal acetylenes is 1. The normalized spacial score (nSPS) is 10.1. The van der Waals surface area contributed by atoms with Crippen LogP contribution in [0.15, 0.2) is 0 Å². The molecule has 0 aliphatic carbocycles. The molecule has 0 aromatic carbocycles. The molecule has 1 aromatic rings. The lowest BCUT2D eigenvalue weighted by Gasteiger charge is -2.15. The molecule has 1 rings (SSSR count). The summed E-state index contributed by atoms with van der Waals surface area (Å²) in [5.74, 6) is 1.08. The number of nitrogens with zero attached hydrogens (tertiary/aromatic N) is 3. The van der Waals surface area contributed by atoms with Crippen LogP contribution in [0.5, 0.6) is 0 Å². The third-order valence-electron chi connectivity index (χ3n) is 2.14. The predicted molar refractivity (Wildman–Crippen MR) is 62.8 cm³/mol. The van der Waals surface area contributed by atoms with Gasteiger partial charge in [0.2, 0.25) is 5.82 Å². The fourth-order valence-corrected chi connectivity index (χ4v) is 1.24. The van der Waals surface area contributed by atoms with Gasteiger partial charge in [0.1, 0.15) is 12.4 Å². The zero-order valence-electron chi connectivity index (χ0n) is 10.2. The summed E-state index contributed by atoms with van der Waals surface area (Å²) in [6.45, 7) is 3.21. The molecule has 18 heavy (non-hydrogen) atoms. The molecule has 96 valence electrons. The zero-order chi connectivity index (χ0) is 13.7. The molecule has 1 amide bonds. The zero-order valence-corrected chi connectivity index (χ0v) is 10.2. The lowest BCUT2D eigenvalue weighted by Crippen LogP contribution is -2.36. The number of H-pyrrole nitrogens is 1. The Morgan fingerprint density at radius 2 is 2.22 bits per heavy atom. The molecule has 0 aliphatic rings. The quantitative estimate of drug-likeness (QED) is 0.721. The van der Waals surface area contributed by atoms with E-state index in [1.165, 1.54) is 0 Å². The number of hydrogen-bond acceptors (Lipinski definition) is 4. The van der Waals surface area contributed by atoms with Crippen molar-refractivity contribution >= 4 is 11.9 Å². The molecular formula is C11H14N4O3. The van der Waals surface area contributed by atoms with Gasteiger partial charge in [-0.05, 0) is 0 Å². The van der Waals surface area contributed by atoms with E-state index in [0.717, 1.165) is 4.90 Å². The number of amides is 1. The van der Waals surface area contributed by atoms with Crippen LogP contribution in [0.3, 0.4) is 0 Å². The Bertz CT molecular complexity index is 487. The molecule has 1 aromatic heterocycles. The summed E-state index contributed by atoms with van der Waals surface area (Å²) in [4.78, 5) is 27.5. The van der Waals surface area contributed by atoms with Crippen LogP contribution in [0, 0.1) is 12.3 Å². The second kappa shape index (κ2) is 5.82. The number of aromatic amines is 1. The predicted octanol–water partition coefficient (Wildman–Crippen LogP) is 0.0881. The molecule has 0 bridgehead atoms. The molecule has 0 aliphatic heterocycles. The summed E-state index contributed by atoms with van der Waals surface area (Å²) in [6.07, 6.45) is 5.09. The third-order valence-corrected chi connectivity index (χ3v) is 2.14. The van der Waals surface area contributed by atoms with Crippen LogP contribution in [0.25, 0.3) is 0 Å². The number of aliphatic carboxylic acids is 1. The number of rotatable bonds is 5. The van der Waals surface area contributed by atoms with Crippen LogP contribution in [-0.2, 0) is 4.79 Å². The Labute approximate surface area is 104 Å². The monoisotopic (exact) mass is 250 g/mol. The molecule has 0 saturated carbocycles. The highest BCUT2D eigenvalue weighted by Crippen LogP contribution is 2.08. The maximum Gasteiger partial charge on any atom is 0.323 e. The van der Waals surface area contributed by atoms with E-state index < -0.39 is 18.4 Å². The smallest absolute Gasteiger partial charge is 0.323 e.